The molecule has 1 unspecified atom stereocenters. The van der Waals surface area contributed by atoms with E-state index in [0.717, 1.165) is 18.5 Å². The molecule has 0 aliphatic carbocycles. The fourth-order valence-electron chi connectivity index (χ4n) is 2.26. The quantitative estimate of drug-likeness (QED) is 0.867. The number of hydrogen-bond acceptors (Lipinski definition) is 5. The van der Waals surface area contributed by atoms with E-state index in [1.165, 1.54) is 10.8 Å². The summed E-state index contributed by atoms with van der Waals surface area (Å²) in [6.45, 7) is 2.74. The second-order valence-corrected chi connectivity index (χ2v) is 7.44. The van der Waals surface area contributed by atoms with E-state index in [4.69, 9.17) is 4.42 Å². The van der Waals surface area contributed by atoms with Gasteiger partial charge in [0.1, 0.15) is 9.84 Å². The molecule has 1 aromatic heterocycles. The lowest BCUT2D eigenvalue weighted by molar-refractivity contribution is 0.525. The summed E-state index contributed by atoms with van der Waals surface area (Å²) in [7, 11) is -1.48. The van der Waals surface area contributed by atoms with E-state index < -0.39 is 15.6 Å². The molecule has 2 rings (SSSR count). The van der Waals surface area contributed by atoms with Crippen molar-refractivity contribution in [3.05, 3.63) is 34.3 Å². The lowest BCUT2D eigenvalue weighted by Gasteiger charge is -2.18. The Morgan fingerprint density at radius 1 is 1.38 bits per heavy atom. The Morgan fingerprint density at radius 3 is 2.71 bits per heavy atom. The lowest BCUT2D eigenvalue weighted by atomic mass is 10.1. The van der Waals surface area contributed by atoms with Crippen molar-refractivity contribution in [3.8, 4) is 0 Å². The Kier molecular flexibility index (Phi) is 4.53. The summed E-state index contributed by atoms with van der Waals surface area (Å²) in [5.74, 6) is -0.418. The molecule has 0 fully saturated rings. The van der Waals surface area contributed by atoms with Crippen molar-refractivity contribution >= 4 is 20.9 Å². The molecular formula is C14H20N2O4S. The highest BCUT2D eigenvalue weighted by Gasteiger charge is 2.18. The number of nitrogens with one attached hydrogen (secondary N) is 1. The largest absolute Gasteiger partial charge is 0.419 e. The zero-order valence-electron chi connectivity index (χ0n) is 12.4. The van der Waals surface area contributed by atoms with Gasteiger partial charge in [-0.1, -0.05) is 13.0 Å². The maximum Gasteiger partial charge on any atom is 0.419 e. The number of nitrogens with zero attached hydrogens (tertiary/aromatic N) is 1. The summed E-state index contributed by atoms with van der Waals surface area (Å²) in [5.41, 5.74) is 1.96. The maximum atomic E-state index is 11.6. The highest BCUT2D eigenvalue weighted by molar-refractivity contribution is 7.90. The first-order valence-corrected chi connectivity index (χ1v) is 8.88. The molecule has 1 aromatic carbocycles. The number of oxazole rings is 1. The third-order valence-corrected chi connectivity index (χ3v) is 4.27. The molecule has 0 spiro atoms. The minimum Gasteiger partial charge on any atom is -0.408 e. The zero-order valence-corrected chi connectivity index (χ0v) is 13.2. The monoisotopic (exact) mass is 312 g/mol. The minimum atomic E-state index is -3.12. The summed E-state index contributed by atoms with van der Waals surface area (Å²) in [6.07, 6.45) is 2.12. The predicted octanol–water partition coefficient (Wildman–Crippen LogP) is 1.22. The summed E-state index contributed by atoms with van der Waals surface area (Å²) < 4.78 is 29.7. The molecule has 0 radical (unpaired) electrons. The van der Waals surface area contributed by atoms with E-state index in [0.29, 0.717) is 11.1 Å². The van der Waals surface area contributed by atoms with Gasteiger partial charge in [0.25, 0.3) is 0 Å². The number of aryl methyl sites for hydroxylation is 1. The maximum absolute atomic E-state index is 11.6. The Morgan fingerprint density at radius 2 is 2.10 bits per heavy atom. The summed E-state index contributed by atoms with van der Waals surface area (Å²) in [4.78, 5) is 11.5. The van der Waals surface area contributed by atoms with E-state index in [1.807, 2.05) is 13.0 Å². The summed E-state index contributed by atoms with van der Waals surface area (Å²) >= 11 is 0. The van der Waals surface area contributed by atoms with Gasteiger partial charge in [-0.3, -0.25) is 4.57 Å². The van der Waals surface area contributed by atoms with E-state index in [-0.39, 0.29) is 11.8 Å². The Labute approximate surface area is 123 Å². The van der Waals surface area contributed by atoms with Gasteiger partial charge in [-0.05, 0) is 30.7 Å². The molecule has 0 saturated heterocycles. The molecule has 2 aromatic rings. The van der Waals surface area contributed by atoms with Gasteiger partial charge in [-0.2, -0.15) is 0 Å². The SMILES string of the molecule is CCCNC(CS(C)(=O)=O)c1ccc2c(c1)oc(=O)n2C. The number of aromatic nitrogens is 1. The fraction of sp³-hybridized carbons (Fsp3) is 0.500. The third-order valence-electron chi connectivity index (χ3n) is 3.33. The van der Waals surface area contributed by atoms with Crippen LogP contribution in [-0.2, 0) is 16.9 Å². The molecule has 21 heavy (non-hydrogen) atoms. The number of sulfone groups is 1. The van der Waals surface area contributed by atoms with Crippen LogP contribution in [0.15, 0.2) is 27.4 Å². The third kappa shape index (κ3) is 3.74. The lowest BCUT2D eigenvalue weighted by Crippen LogP contribution is -2.28. The normalized spacial score (nSPS) is 13.7. The minimum absolute atomic E-state index is 0.00950. The first-order chi connectivity index (χ1) is 9.81. The molecule has 116 valence electrons. The van der Waals surface area contributed by atoms with Gasteiger partial charge >= 0.3 is 5.76 Å². The number of fused-ring (bicyclic) bond motifs is 1. The van der Waals surface area contributed by atoms with Crippen LogP contribution in [-0.4, -0.2) is 31.5 Å². The van der Waals surface area contributed by atoms with Crippen molar-refractivity contribution in [2.24, 2.45) is 7.05 Å². The molecule has 0 saturated carbocycles. The number of hydrogen-bond donors (Lipinski definition) is 1. The van der Waals surface area contributed by atoms with E-state index >= 15 is 0 Å². The van der Waals surface area contributed by atoms with Gasteiger partial charge in [0.15, 0.2) is 5.58 Å². The van der Waals surface area contributed by atoms with Crippen LogP contribution >= 0.6 is 0 Å². The Hall–Kier alpha value is -1.60. The van der Waals surface area contributed by atoms with Crippen molar-refractivity contribution in [2.45, 2.75) is 19.4 Å². The van der Waals surface area contributed by atoms with Crippen molar-refractivity contribution in [2.75, 3.05) is 18.6 Å². The second kappa shape index (κ2) is 6.03. The fourth-order valence-corrected chi connectivity index (χ4v) is 3.18. The van der Waals surface area contributed by atoms with Gasteiger partial charge in [0.05, 0.1) is 11.3 Å². The number of rotatable bonds is 6. The molecular weight excluding hydrogens is 292 g/mol. The van der Waals surface area contributed by atoms with E-state index in [9.17, 15) is 13.2 Å². The first-order valence-electron chi connectivity index (χ1n) is 6.82. The van der Waals surface area contributed by atoms with Crippen molar-refractivity contribution in [3.63, 3.8) is 0 Å². The first kappa shape index (κ1) is 15.8. The standard InChI is InChI=1S/C14H20N2O4S/c1-4-7-15-11(9-21(3,18)19)10-5-6-12-13(8-10)20-14(17)16(12)2/h5-6,8,11,15H,4,7,9H2,1-3H3. The van der Waals surface area contributed by atoms with Crippen molar-refractivity contribution in [1.29, 1.82) is 0 Å². The molecule has 0 bridgehead atoms. The van der Waals surface area contributed by atoms with Crippen LogP contribution in [0.4, 0.5) is 0 Å². The van der Waals surface area contributed by atoms with Crippen molar-refractivity contribution < 1.29 is 12.8 Å². The molecule has 7 heteroatoms. The van der Waals surface area contributed by atoms with Crippen LogP contribution in [0.1, 0.15) is 24.9 Å². The van der Waals surface area contributed by atoms with Crippen LogP contribution in [0.25, 0.3) is 11.1 Å². The van der Waals surface area contributed by atoms with Crippen LogP contribution in [0, 0.1) is 0 Å². The van der Waals surface area contributed by atoms with Gasteiger partial charge in [-0.15, -0.1) is 0 Å². The molecule has 0 aliphatic rings. The second-order valence-electron chi connectivity index (χ2n) is 5.25. The van der Waals surface area contributed by atoms with Crippen LogP contribution in [0.2, 0.25) is 0 Å². The highest BCUT2D eigenvalue weighted by atomic mass is 32.2. The average Bonchev–Trinajstić information content (AvgIpc) is 2.68. The van der Waals surface area contributed by atoms with Gasteiger partial charge < -0.3 is 9.73 Å². The van der Waals surface area contributed by atoms with Gasteiger partial charge in [0.2, 0.25) is 0 Å². The molecule has 0 aliphatic heterocycles. The topological polar surface area (TPSA) is 81.3 Å². The molecule has 1 atom stereocenters. The van der Waals surface area contributed by atoms with E-state index in [2.05, 4.69) is 5.32 Å². The van der Waals surface area contributed by atoms with Crippen LogP contribution in [0.5, 0.6) is 0 Å². The van der Waals surface area contributed by atoms with Gasteiger partial charge in [-0.25, -0.2) is 13.2 Å². The Balaban J connectivity index is 2.41. The van der Waals surface area contributed by atoms with Crippen LogP contribution in [0.3, 0.4) is 0 Å². The summed E-state index contributed by atoms with van der Waals surface area (Å²) in [6, 6.07) is 5.03. The van der Waals surface area contributed by atoms with Crippen LogP contribution < -0.4 is 11.1 Å². The molecule has 0 amide bonds. The smallest absolute Gasteiger partial charge is 0.408 e. The predicted molar refractivity (Wildman–Crippen MR) is 82.2 cm³/mol. The average molecular weight is 312 g/mol. The summed E-state index contributed by atoms with van der Waals surface area (Å²) in [5, 5.41) is 3.22. The molecule has 1 heterocycles. The molecule has 1 N–H and O–H groups in total. The number of benzene rings is 1. The van der Waals surface area contributed by atoms with Crippen molar-refractivity contribution in [1.82, 2.24) is 9.88 Å². The molecule has 6 nitrogen and oxygen atoms in total. The Bertz CT molecular complexity index is 789. The zero-order chi connectivity index (χ0) is 15.6. The highest BCUT2D eigenvalue weighted by Crippen LogP contribution is 2.21. The van der Waals surface area contributed by atoms with E-state index in [1.54, 1.807) is 19.2 Å². The van der Waals surface area contributed by atoms with Gasteiger partial charge in [0, 0.05) is 19.3 Å².